The summed E-state index contributed by atoms with van der Waals surface area (Å²) in [4.78, 5) is 24.1. The zero-order valence-electron chi connectivity index (χ0n) is 15.4. The topological polar surface area (TPSA) is 99.0 Å². The first kappa shape index (κ1) is 19.6. The van der Waals surface area contributed by atoms with Crippen molar-refractivity contribution >= 4 is 29.3 Å². The molecule has 0 radical (unpaired) electrons. The van der Waals surface area contributed by atoms with E-state index in [2.05, 4.69) is 20.8 Å². The molecule has 3 rings (SSSR count). The molecule has 1 amide bonds. The van der Waals surface area contributed by atoms with Gasteiger partial charge in [-0.2, -0.15) is 4.68 Å². The number of para-hydroxylation sites is 1. The molecule has 9 heteroatoms. The molecule has 28 heavy (non-hydrogen) atoms. The molecular formula is C19H19N5O3S. The number of hydrogen-bond donors (Lipinski definition) is 1. The minimum atomic E-state index is -0.392. The second kappa shape index (κ2) is 9.14. The quantitative estimate of drug-likeness (QED) is 0.483. The summed E-state index contributed by atoms with van der Waals surface area (Å²) in [5.41, 5.74) is 1.84. The molecule has 1 N–H and O–H groups in total. The predicted molar refractivity (Wildman–Crippen MR) is 106 cm³/mol. The van der Waals surface area contributed by atoms with Gasteiger partial charge in [0.15, 0.2) is 0 Å². The van der Waals surface area contributed by atoms with Crippen molar-refractivity contribution in [1.82, 2.24) is 20.2 Å². The molecule has 8 nitrogen and oxygen atoms in total. The number of aromatic nitrogens is 4. The summed E-state index contributed by atoms with van der Waals surface area (Å²) >= 11 is 1.23. The Labute approximate surface area is 166 Å². The van der Waals surface area contributed by atoms with Crippen molar-refractivity contribution < 1.29 is 14.3 Å². The van der Waals surface area contributed by atoms with Gasteiger partial charge in [-0.3, -0.25) is 4.79 Å². The van der Waals surface area contributed by atoms with Gasteiger partial charge < -0.3 is 10.1 Å². The van der Waals surface area contributed by atoms with Crippen molar-refractivity contribution in [3.05, 3.63) is 60.2 Å². The standard InChI is InChI=1S/C19H19N5O3S/c1-13(2)27-18(26)14-8-10-15(11-9-14)20-17(25)12-28-19-21-22-23-24(19)16-6-4-3-5-7-16/h3-11,13H,12H2,1-2H3,(H,20,25). The number of carbonyl (C=O) groups excluding carboxylic acids is 2. The normalized spacial score (nSPS) is 10.7. The fourth-order valence-electron chi connectivity index (χ4n) is 2.30. The summed E-state index contributed by atoms with van der Waals surface area (Å²) in [6.07, 6.45) is -0.184. The van der Waals surface area contributed by atoms with Crippen molar-refractivity contribution in [2.75, 3.05) is 11.1 Å². The van der Waals surface area contributed by atoms with Crippen LogP contribution in [0.3, 0.4) is 0 Å². The smallest absolute Gasteiger partial charge is 0.338 e. The van der Waals surface area contributed by atoms with E-state index in [1.54, 1.807) is 42.8 Å². The fourth-order valence-corrected chi connectivity index (χ4v) is 2.99. The Morgan fingerprint density at radius 1 is 1.11 bits per heavy atom. The van der Waals surface area contributed by atoms with Crippen LogP contribution in [0.4, 0.5) is 5.69 Å². The number of amides is 1. The maximum absolute atomic E-state index is 12.2. The third-order valence-electron chi connectivity index (χ3n) is 3.52. The van der Waals surface area contributed by atoms with Gasteiger partial charge in [-0.05, 0) is 60.7 Å². The number of thioether (sulfide) groups is 1. The minimum absolute atomic E-state index is 0.143. The number of esters is 1. The lowest BCUT2D eigenvalue weighted by Gasteiger charge is -2.09. The highest BCUT2D eigenvalue weighted by atomic mass is 32.2. The number of hydrogen-bond acceptors (Lipinski definition) is 7. The van der Waals surface area contributed by atoms with E-state index in [9.17, 15) is 9.59 Å². The van der Waals surface area contributed by atoms with Crippen LogP contribution >= 0.6 is 11.8 Å². The Hall–Kier alpha value is -3.20. The van der Waals surface area contributed by atoms with Crippen molar-refractivity contribution in [1.29, 1.82) is 0 Å². The fraction of sp³-hybridized carbons (Fsp3) is 0.211. The highest BCUT2D eigenvalue weighted by molar-refractivity contribution is 7.99. The van der Waals surface area contributed by atoms with Crippen LogP contribution in [0, 0.1) is 0 Å². The van der Waals surface area contributed by atoms with E-state index in [1.807, 2.05) is 30.3 Å². The lowest BCUT2D eigenvalue weighted by atomic mass is 10.2. The molecule has 0 aliphatic heterocycles. The van der Waals surface area contributed by atoms with E-state index < -0.39 is 5.97 Å². The summed E-state index contributed by atoms with van der Waals surface area (Å²) in [7, 11) is 0. The largest absolute Gasteiger partial charge is 0.459 e. The SMILES string of the molecule is CC(C)OC(=O)c1ccc(NC(=O)CSc2nnnn2-c2ccccc2)cc1. The van der Waals surface area contributed by atoms with Crippen LogP contribution in [0.25, 0.3) is 5.69 Å². The van der Waals surface area contributed by atoms with Gasteiger partial charge in [0, 0.05) is 5.69 Å². The first-order chi connectivity index (χ1) is 13.5. The van der Waals surface area contributed by atoms with Gasteiger partial charge in [0.1, 0.15) is 0 Å². The number of rotatable bonds is 7. The molecule has 144 valence electrons. The summed E-state index contributed by atoms with van der Waals surface area (Å²) in [5.74, 6) is -0.453. The molecule has 1 aromatic heterocycles. The Morgan fingerprint density at radius 2 is 1.82 bits per heavy atom. The Kier molecular flexibility index (Phi) is 6.38. The second-order valence-corrected chi connectivity index (χ2v) is 7.02. The van der Waals surface area contributed by atoms with Crippen molar-refractivity contribution in [3.63, 3.8) is 0 Å². The molecule has 0 saturated carbocycles. The van der Waals surface area contributed by atoms with Gasteiger partial charge in [-0.1, -0.05) is 30.0 Å². The predicted octanol–water partition coefficient (Wildman–Crippen LogP) is 2.96. The lowest BCUT2D eigenvalue weighted by Crippen LogP contribution is -2.15. The third-order valence-corrected chi connectivity index (χ3v) is 4.44. The number of benzene rings is 2. The Bertz CT molecular complexity index is 942. The lowest BCUT2D eigenvalue weighted by molar-refractivity contribution is -0.113. The molecule has 0 unspecified atom stereocenters. The summed E-state index contributed by atoms with van der Waals surface area (Å²) < 4.78 is 6.71. The van der Waals surface area contributed by atoms with E-state index in [0.29, 0.717) is 16.4 Å². The number of ether oxygens (including phenoxy) is 1. The molecule has 0 saturated heterocycles. The maximum atomic E-state index is 12.2. The summed E-state index contributed by atoms with van der Waals surface area (Å²) in [6, 6.07) is 16.0. The highest BCUT2D eigenvalue weighted by Gasteiger charge is 2.12. The van der Waals surface area contributed by atoms with E-state index in [1.165, 1.54) is 11.8 Å². The summed E-state index contributed by atoms with van der Waals surface area (Å²) in [5, 5.41) is 14.9. The molecule has 3 aromatic rings. The minimum Gasteiger partial charge on any atom is -0.459 e. The molecule has 1 heterocycles. The van der Waals surface area contributed by atoms with Crippen molar-refractivity contribution in [2.45, 2.75) is 25.1 Å². The zero-order valence-corrected chi connectivity index (χ0v) is 16.2. The third kappa shape index (κ3) is 5.17. The molecular weight excluding hydrogens is 378 g/mol. The van der Waals surface area contributed by atoms with Gasteiger partial charge in [-0.25, -0.2) is 4.79 Å². The molecule has 0 aliphatic carbocycles. The summed E-state index contributed by atoms with van der Waals surface area (Å²) in [6.45, 7) is 3.58. The zero-order chi connectivity index (χ0) is 19.9. The van der Waals surface area contributed by atoms with Gasteiger partial charge in [0.25, 0.3) is 0 Å². The van der Waals surface area contributed by atoms with Crippen LogP contribution in [0.2, 0.25) is 0 Å². The first-order valence-corrected chi connectivity index (χ1v) is 9.59. The van der Waals surface area contributed by atoms with E-state index >= 15 is 0 Å². The average molecular weight is 397 g/mol. The van der Waals surface area contributed by atoms with Crippen molar-refractivity contribution in [3.8, 4) is 5.69 Å². The number of anilines is 1. The van der Waals surface area contributed by atoms with E-state index in [0.717, 1.165) is 5.69 Å². The maximum Gasteiger partial charge on any atom is 0.338 e. The highest BCUT2D eigenvalue weighted by Crippen LogP contribution is 2.18. The van der Waals surface area contributed by atoms with Gasteiger partial charge in [0.2, 0.25) is 11.1 Å². The molecule has 0 bridgehead atoms. The number of tetrazole rings is 1. The molecule has 0 spiro atoms. The van der Waals surface area contributed by atoms with Crippen molar-refractivity contribution in [2.24, 2.45) is 0 Å². The van der Waals surface area contributed by atoms with E-state index in [4.69, 9.17) is 4.74 Å². The van der Waals surface area contributed by atoms with Crippen LogP contribution in [0.15, 0.2) is 59.8 Å². The Balaban J connectivity index is 1.56. The molecule has 0 aliphatic rings. The van der Waals surface area contributed by atoms with Crippen LogP contribution in [0.5, 0.6) is 0 Å². The average Bonchev–Trinajstić information content (AvgIpc) is 3.16. The van der Waals surface area contributed by atoms with Crippen LogP contribution in [0.1, 0.15) is 24.2 Å². The van der Waals surface area contributed by atoms with Gasteiger partial charge in [-0.15, -0.1) is 5.10 Å². The van der Waals surface area contributed by atoms with Crippen LogP contribution in [-0.4, -0.2) is 43.9 Å². The van der Waals surface area contributed by atoms with Crippen LogP contribution < -0.4 is 5.32 Å². The monoisotopic (exact) mass is 397 g/mol. The Morgan fingerprint density at radius 3 is 2.50 bits per heavy atom. The molecule has 2 aromatic carbocycles. The molecule has 0 fully saturated rings. The number of carbonyl (C=O) groups is 2. The van der Waals surface area contributed by atoms with Gasteiger partial charge in [0.05, 0.1) is 23.1 Å². The number of nitrogens with one attached hydrogen (secondary N) is 1. The van der Waals surface area contributed by atoms with E-state index in [-0.39, 0.29) is 17.8 Å². The number of nitrogens with zero attached hydrogens (tertiary/aromatic N) is 4. The van der Waals surface area contributed by atoms with Gasteiger partial charge >= 0.3 is 5.97 Å². The van der Waals surface area contributed by atoms with Crippen LogP contribution in [-0.2, 0) is 9.53 Å². The second-order valence-electron chi connectivity index (χ2n) is 6.08. The first-order valence-electron chi connectivity index (χ1n) is 8.60. The molecule has 0 atom stereocenters.